The van der Waals surface area contributed by atoms with Crippen LogP contribution in [0.5, 0.6) is 0 Å². The zero-order valence-corrected chi connectivity index (χ0v) is 19.0. The van der Waals surface area contributed by atoms with Crippen molar-refractivity contribution in [3.63, 3.8) is 0 Å². The SMILES string of the molecule is COC(=O)C[C@@]1(NC(=O)Nc2c(F)cc(C#Cc3ccccc3)cc2F)CCCc2ccncc21. The van der Waals surface area contributed by atoms with Gasteiger partial charge in [-0.05, 0) is 60.7 Å². The summed E-state index contributed by atoms with van der Waals surface area (Å²) in [6.07, 6.45) is 4.99. The van der Waals surface area contributed by atoms with Crippen molar-refractivity contribution in [2.45, 2.75) is 31.2 Å². The maximum atomic E-state index is 14.7. The highest BCUT2D eigenvalue weighted by Crippen LogP contribution is 2.38. The van der Waals surface area contributed by atoms with Gasteiger partial charge in [-0.2, -0.15) is 0 Å². The van der Waals surface area contributed by atoms with E-state index in [0.717, 1.165) is 24.1 Å². The van der Waals surface area contributed by atoms with Gasteiger partial charge in [-0.25, -0.2) is 13.6 Å². The van der Waals surface area contributed by atoms with Gasteiger partial charge in [-0.15, -0.1) is 0 Å². The summed E-state index contributed by atoms with van der Waals surface area (Å²) in [5, 5.41) is 5.02. The van der Waals surface area contributed by atoms with E-state index in [-0.39, 0.29) is 12.0 Å². The number of fused-ring (bicyclic) bond motifs is 1. The van der Waals surface area contributed by atoms with Crippen LogP contribution in [0.1, 0.15) is 41.5 Å². The summed E-state index contributed by atoms with van der Waals surface area (Å²) in [6, 6.07) is 12.1. The van der Waals surface area contributed by atoms with Crippen LogP contribution in [0, 0.1) is 23.5 Å². The lowest BCUT2D eigenvalue weighted by Crippen LogP contribution is -2.51. The molecule has 178 valence electrons. The second-order valence-corrected chi connectivity index (χ2v) is 8.23. The fourth-order valence-electron chi connectivity index (χ4n) is 4.26. The van der Waals surface area contributed by atoms with Crippen LogP contribution in [-0.4, -0.2) is 24.1 Å². The van der Waals surface area contributed by atoms with Crippen LogP contribution in [0.25, 0.3) is 0 Å². The first-order valence-corrected chi connectivity index (χ1v) is 11.1. The third kappa shape index (κ3) is 5.46. The first-order valence-electron chi connectivity index (χ1n) is 11.1. The van der Waals surface area contributed by atoms with Crippen molar-refractivity contribution in [3.05, 3.63) is 94.8 Å². The van der Waals surface area contributed by atoms with Crippen LogP contribution in [0.15, 0.2) is 60.9 Å². The van der Waals surface area contributed by atoms with Gasteiger partial charge in [-0.1, -0.05) is 30.0 Å². The zero-order chi connectivity index (χ0) is 24.8. The topological polar surface area (TPSA) is 80.3 Å². The van der Waals surface area contributed by atoms with Crippen LogP contribution >= 0.6 is 0 Å². The minimum Gasteiger partial charge on any atom is -0.469 e. The molecule has 2 amide bonds. The van der Waals surface area contributed by atoms with Crippen LogP contribution in [0.4, 0.5) is 19.3 Å². The Morgan fingerprint density at radius 2 is 1.80 bits per heavy atom. The molecule has 6 nitrogen and oxygen atoms in total. The van der Waals surface area contributed by atoms with Gasteiger partial charge in [0.1, 0.15) is 5.69 Å². The quantitative estimate of drug-likeness (QED) is 0.424. The van der Waals surface area contributed by atoms with Gasteiger partial charge in [0.25, 0.3) is 0 Å². The molecule has 0 unspecified atom stereocenters. The Bertz CT molecular complexity index is 1290. The number of rotatable bonds is 4. The van der Waals surface area contributed by atoms with Gasteiger partial charge in [0.15, 0.2) is 11.6 Å². The Kier molecular flexibility index (Phi) is 7.06. The normalized spacial score (nSPS) is 16.3. The van der Waals surface area contributed by atoms with Gasteiger partial charge in [0, 0.05) is 23.5 Å². The molecule has 1 atom stereocenters. The van der Waals surface area contributed by atoms with Gasteiger partial charge < -0.3 is 15.4 Å². The lowest BCUT2D eigenvalue weighted by Gasteiger charge is -2.38. The molecule has 4 rings (SSSR count). The lowest BCUT2D eigenvalue weighted by atomic mass is 9.75. The summed E-state index contributed by atoms with van der Waals surface area (Å²) in [7, 11) is 1.26. The minimum atomic E-state index is -1.12. The fraction of sp³-hybridized carbons (Fsp3) is 0.222. The Morgan fingerprint density at radius 3 is 2.51 bits per heavy atom. The molecule has 0 aliphatic heterocycles. The molecule has 1 aliphatic carbocycles. The molecule has 0 spiro atoms. The smallest absolute Gasteiger partial charge is 0.320 e. The predicted octanol–water partition coefficient (Wildman–Crippen LogP) is 4.68. The zero-order valence-electron chi connectivity index (χ0n) is 19.0. The number of nitrogens with zero attached hydrogens (tertiary/aromatic N) is 1. The van der Waals surface area contributed by atoms with Crippen molar-refractivity contribution in [1.29, 1.82) is 0 Å². The highest BCUT2D eigenvalue weighted by Gasteiger charge is 2.40. The number of aryl methyl sites for hydroxylation is 1. The molecule has 1 heterocycles. The van der Waals surface area contributed by atoms with Crippen molar-refractivity contribution >= 4 is 17.7 Å². The van der Waals surface area contributed by atoms with E-state index in [9.17, 15) is 18.4 Å². The van der Waals surface area contributed by atoms with E-state index in [1.165, 1.54) is 7.11 Å². The molecule has 0 fully saturated rings. The first-order chi connectivity index (χ1) is 16.9. The molecule has 1 aliphatic rings. The summed E-state index contributed by atoms with van der Waals surface area (Å²) >= 11 is 0. The van der Waals surface area contributed by atoms with Crippen LogP contribution in [-0.2, 0) is 21.5 Å². The molecule has 0 radical (unpaired) electrons. The molecule has 2 N–H and O–H groups in total. The van der Waals surface area contributed by atoms with Crippen molar-refractivity contribution in [2.75, 3.05) is 12.4 Å². The second-order valence-electron chi connectivity index (χ2n) is 8.23. The summed E-state index contributed by atoms with van der Waals surface area (Å²) in [4.78, 5) is 29.2. The van der Waals surface area contributed by atoms with Gasteiger partial charge >= 0.3 is 12.0 Å². The molecular weight excluding hydrogens is 452 g/mol. The third-order valence-corrected chi connectivity index (χ3v) is 5.91. The standard InChI is InChI=1S/C27H23F2N3O3/c1-35-24(33)16-27(12-5-8-20-11-13-30-17-21(20)27)32-26(34)31-25-22(28)14-19(15-23(25)29)10-9-18-6-3-2-4-7-18/h2-4,6-7,11,13-15,17H,5,8,12,16H2,1H3,(H2,31,32,34)/t27-/m0/s1. The average Bonchev–Trinajstić information content (AvgIpc) is 2.86. The second kappa shape index (κ2) is 10.3. The number of aromatic nitrogens is 1. The molecular formula is C27H23F2N3O3. The van der Waals surface area contributed by atoms with Crippen molar-refractivity contribution < 1.29 is 23.1 Å². The first kappa shape index (κ1) is 23.9. The number of halogens is 2. The fourth-order valence-corrected chi connectivity index (χ4v) is 4.26. The molecule has 0 saturated carbocycles. The van der Waals surface area contributed by atoms with Crippen LogP contribution in [0.2, 0.25) is 0 Å². The Labute approximate surface area is 201 Å². The highest BCUT2D eigenvalue weighted by molar-refractivity contribution is 5.91. The predicted molar refractivity (Wildman–Crippen MR) is 126 cm³/mol. The summed E-state index contributed by atoms with van der Waals surface area (Å²) in [5.41, 5.74) is 0.724. The number of nitrogens with one attached hydrogen (secondary N) is 2. The van der Waals surface area contributed by atoms with E-state index >= 15 is 0 Å². The van der Waals surface area contributed by atoms with E-state index in [4.69, 9.17) is 4.74 Å². The van der Waals surface area contributed by atoms with E-state index in [1.807, 2.05) is 24.3 Å². The number of benzene rings is 2. The van der Waals surface area contributed by atoms with Gasteiger partial charge in [-0.3, -0.25) is 9.78 Å². The molecule has 1 aromatic heterocycles. The van der Waals surface area contributed by atoms with Gasteiger partial charge in [0.05, 0.1) is 19.1 Å². The Morgan fingerprint density at radius 1 is 1.09 bits per heavy atom. The number of hydrogen-bond donors (Lipinski definition) is 2. The number of pyridine rings is 1. The Balaban J connectivity index is 1.57. The molecule has 35 heavy (non-hydrogen) atoms. The summed E-state index contributed by atoms with van der Waals surface area (Å²) in [6.45, 7) is 0. The number of amides is 2. The number of urea groups is 1. The van der Waals surface area contributed by atoms with E-state index in [2.05, 4.69) is 27.5 Å². The molecule has 0 saturated heterocycles. The summed E-state index contributed by atoms with van der Waals surface area (Å²) in [5.74, 6) is 3.09. The number of ether oxygens (including phenoxy) is 1. The van der Waals surface area contributed by atoms with E-state index in [1.54, 1.807) is 24.5 Å². The summed E-state index contributed by atoms with van der Waals surface area (Å²) < 4.78 is 34.3. The maximum Gasteiger partial charge on any atom is 0.320 e. The van der Waals surface area contributed by atoms with Crippen molar-refractivity contribution in [3.8, 4) is 11.8 Å². The maximum absolute atomic E-state index is 14.7. The number of methoxy groups -OCH3 is 1. The number of hydrogen-bond acceptors (Lipinski definition) is 4. The van der Waals surface area contributed by atoms with Crippen LogP contribution < -0.4 is 10.6 Å². The average molecular weight is 475 g/mol. The van der Waals surface area contributed by atoms with Crippen molar-refractivity contribution in [1.82, 2.24) is 10.3 Å². The monoisotopic (exact) mass is 475 g/mol. The number of carbonyl (C=O) groups is 2. The molecule has 0 bridgehead atoms. The van der Waals surface area contributed by atoms with E-state index < -0.39 is 34.9 Å². The number of carbonyl (C=O) groups excluding carboxylic acids is 2. The number of anilines is 1. The van der Waals surface area contributed by atoms with Crippen LogP contribution in [0.3, 0.4) is 0 Å². The van der Waals surface area contributed by atoms with Crippen molar-refractivity contribution in [2.24, 2.45) is 0 Å². The molecule has 3 aromatic rings. The molecule has 2 aromatic carbocycles. The van der Waals surface area contributed by atoms with Gasteiger partial charge in [0.2, 0.25) is 0 Å². The molecule has 8 heteroatoms. The van der Waals surface area contributed by atoms with E-state index in [0.29, 0.717) is 24.0 Å². The lowest BCUT2D eigenvalue weighted by molar-refractivity contribution is -0.142. The third-order valence-electron chi connectivity index (χ3n) is 5.91. The largest absolute Gasteiger partial charge is 0.469 e. The highest BCUT2D eigenvalue weighted by atomic mass is 19.1. The minimum absolute atomic E-state index is 0.129. The Hall–Kier alpha value is -4.25. The number of esters is 1.